The Morgan fingerprint density at radius 1 is 1.83 bits per heavy atom. The van der Waals surface area contributed by atoms with Crippen LogP contribution >= 0.6 is 27.3 Å². The Balaban J connectivity index is 2.58. The lowest BCUT2D eigenvalue weighted by atomic mass is 10.5. The minimum absolute atomic E-state index is 0.0654. The zero-order valence-corrected chi connectivity index (χ0v) is 9.20. The van der Waals surface area contributed by atoms with Crippen molar-refractivity contribution in [3.05, 3.63) is 11.1 Å². The average Bonchev–Trinajstić information content (AvgIpc) is 2.35. The quantitative estimate of drug-likeness (QED) is 0.816. The molecule has 1 atom stereocenters. The largest absolute Gasteiger partial charge is 0.301 e. The van der Waals surface area contributed by atoms with Gasteiger partial charge in [0.15, 0.2) is 5.13 Å². The van der Waals surface area contributed by atoms with E-state index in [0.29, 0.717) is 5.13 Å². The first kappa shape index (κ1) is 9.67. The fraction of sp³-hybridized carbons (Fsp3) is 0.429. The number of nitrogens with zero attached hydrogens (tertiary/aromatic N) is 1. The number of aryl methyl sites for hydroxylation is 1. The van der Waals surface area contributed by atoms with Crippen molar-refractivity contribution in [2.24, 2.45) is 0 Å². The van der Waals surface area contributed by atoms with Gasteiger partial charge in [0.25, 0.3) is 0 Å². The third kappa shape index (κ3) is 2.57. The van der Waals surface area contributed by atoms with Crippen molar-refractivity contribution in [2.45, 2.75) is 18.7 Å². The summed E-state index contributed by atoms with van der Waals surface area (Å²) in [5.74, 6) is -0.0654. The van der Waals surface area contributed by atoms with E-state index in [-0.39, 0.29) is 10.7 Å². The number of amides is 1. The molecule has 0 saturated carbocycles. The van der Waals surface area contributed by atoms with Gasteiger partial charge in [0.05, 0.1) is 4.83 Å². The molecule has 1 rings (SSSR count). The van der Waals surface area contributed by atoms with Gasteiger partial charge in [-0.2, -0.15) is 0 Å². The highest BCUT2D eigenvalue weighted by Crippen LogP contribution is 2.17. The number of rotatable bonds is 2. The van der Waals surface area contributed by atoms with E-state index in [0.717, 1.165) is 4.88 Å². The van der Waals surface area contributed by atoms with Gasteiger partial charge < -0.3 is 5.32 Å². The van der Waals surface area contributed by atoms with Crippen molar-refractivity contribution in [1.29, 1.82) is 0 Å². The van der Waals surface area contributed by atoms with Gasteiger partial charge in [-0.25, -0.2) is 4.98 Å². The molecule has 12 heavy (non-hydrogen) atoms. The highest BCUT2D eigenvalue weighted by molar-refractivity contribution is 9.10. The van der Waals surface area contributed by atoms with Crippen molar-refractivity contribution in [1.82, 2.24) is 4.98 Å². The van der Waals surface area contributed by atoms with Crippen molar-refractivity contribution < 1.29 is 4.79 Å². The molecule has 0 spiro atoms. The molecule has 0 saturated heterocycles. The molecule has 0 aliphatic carbocycles. The summed E-state index contributed by atoms with van der Waals surface area (Å²) >= 11 is 4.64. The maximum absolute atomic E-state index is 11.1. The highest BCUT2D eigenvalue weighted by atomic mass is 79.9. The number of carbonyl (C=O) groups excluding carboxylic acids is 1. The monoisotopic (exact) mass is 248 g/mol. The molecule has 0 bridgehead atoms. The highest BCUT2D eigenvalue weighted by Gasteiger charge is 2.09. The Labute approximate surface area is 83.3 Å². The fourth-order valence-corrected chi connectivity index (χ4v) is 1.40. The number of carbonyl (C=O) groups is 1. The molecule has 1 aromatic heterocycles. The van der Waals surface area contributed by atoms with Gasteiger partial charge in [0.2, 0.25) is 5.91 Å². The zero-order chi connectivity index (χ0) is 9.14. The summed E-state index contributed by atoms with van der Waals surface area (Å²) < 4.78 is 0. The lowest BCUT2D eigenvalue weighted by Crippen LogP contribution is -2.19. The molecular formula is C7H9BrN2OS. The SMILES string of the molecule is Cc1cnc(NC(=O)C(C)Br)s1. The minimum Gasteiger partial charge on any atom is -0.301 e. The predicted octanol–water partition coefficient (Wildman–Crippen LogP) is 2.17. The topological polar surface area (TPSA) is 42.0 Å². The standard InChI is InChI=1S/C7H9BrN2OS/c1-4-3-9-7(12-4)10-6(11)5(2)8/h3,5H,1-2H3,(H,9,10,11). The number of alkyl halides is 1. The minimum atomic E-state index is -0.179. The van der Waals surface area contributed by atoms with Crippen LogP contribution in [-0.2, 0) is 4.79 Å². The van der Waals surface area contributed by atoms with E-state index in [9.17, 15) is 4.79 Å². The molecule has 0 radical (unpaired) electrons. The Morgan fingerprint density at radius 2 is 2.50 bits per heavy atom. The lowest BCUT2D eigenvalue weighted by Gasteiger charge is -2.01. The van der Waals surface area contributed by atoms with Gasteiger partial charge in [0.1, 0.15) is 0 Å². The second kappa shape index (κ2) is 4.00. The summed E-state index contributed by atoms with van der Waals surface area (Å²) in [6.45, 7) is 3.72. The summed E-state index contributed by atoms with van der Waals surface area (Å²) in [4.78, 5) is 16.0. The third-order valence-electron chi connectivity index (χ3n) is 1.21. The first-order valence-corrected chi connectivity index (χ1v) is 5.20. The predicted molar refractivity (Wildman–Crippen MR) is 53.9 cm³/mol. The number of hydrogen-bond acceptors (Lipinski definition) is 3. The maximum atomic E-state index is 11.1. The van der Waals surface area contributed by atoms with Crippen LogP contribution in [0, 0.1) is 6.92 Å². The van der Waals surface area contributed by atoms with Crippen molar-refractivity contribution in [2.75, 3.05) is 5.32 Å². The number of anilines is 1. The zero-order valence-electron chi connectivity index (χ0n) is 6.80. The van der Waals surface area contributed by atoms with Crippen molar-refractivity contribution in [3.8, 4) is 0 Å². The van der Waals surface area contributed by atoms with Crippen LogP contribution in [0.25, 0.3) is 0 Å². The van der Waals surface area contributed by atoms with Gasteiger partial charge in [-0.3, -0.25) is 4.79 Å². The summed E-state index contributed by atoms with van der Waals surface area (Å²) in [6.07, 6.45) is 1.74. The third-order valence-corrected chi connectivity index (χ3v) is 2.46. The number of halogens is 1. The Bertz CT molecular complexity index is 285. The summed E-state index contributed by atoms with van der Waals surface area (Å²) in [7, 11) is 0. The molecule has 5 heteroatoms. The molecule has 0 aromatic carbocycles. The molecule has 3 nitrogen and oxygen atoms in total. The van der Waals surface area contributed by atoms with Gasteiger partial charge in [0, 0.05) is 11.1 Å². The summed E-state index contributed by atoms with van der Waals surface area (Å²) in [5, 5.41) is 3.34. The molecular weight excluding hydrogens is 240 g/mol. The molecule has 1 aromatic rings. The Kier molecular flexibility index (Phi) is 3.22. The molecule has 1 N–H and O–H groups in total. The average molecular weight is 249 g/mol. The van der Waals surface area contributed by atoms with E-state index >= 15 is 0 Å². The molecule has 1 unspecified atom stereocenters. The Morgan fingerprint density at radius 3 is 2.92 bits per heavy atom. The second-order valence-electron chi connectivity index (χ2n) is 2.38. The van der Waals surface area contributed by atoms with Gasteiger partial charge in [-0.15, -0.1) is 11.3 Å². The maximum Gasteiger partial charge on any atom is 0.239 e. The first-order valence-electron chi connectivity index (χ1n) is 3.47. The van der Waals surface area contributed by atoms with E-state index in [4.69, 9.17) is 0 Å². The van der Waals surface area contributed by atoms with E-state index in [1.54, 1.807) is 13.1 Å². The van der Waals surface area contributed by atoms with E-state index in [1.807, 2.05) is 6.92 Å². The Hall–Kier alpha value is -0.420. The van der Waals surface area contributed by atoms with Crippen LogP contribution < -0.4 is 5.32 Å². The van der Waals surface area contributed by atoms with Crippen LogP contribution in [0.2, 0.25) is 0 Å². The molecule has 0 aliphatic rings. The van der Waals surface area contributed by atoms with E-state index in [2.05, 4.69) is 26.2 Å². The smallest absolute Gasteiger partial charge is 0.239 e. The number of nitrogens with one attached hydrogen (secondary N) is 1. The van der Waals surface area contributed by atoms with Crippen LogP contribution in [0.5, 0.6) is 0 Å². The van der Waals surface area contributed by atoms with Gasteiger partial charge in [-0.05, 0) is 13.8 Å². The number of thiazole rings is 1. The first-order chi connectivity index (χ1) is 5.59. The summed E-state index contributed by atoms with van der Waals surface area (Å²) in [5.41, 5.74) is 0. The van der Waals surface area contributed by atoms with Crippen molar-refractivity contribution >= 4 is 38.3 Å². The van der Waals surface area contributed by atoms with Crippen molar-refractivity contribution in [3.63, 3.8) is 0 Å². The molecule has 1 heterocycles. The lowest BCUT2D eigenvalue weighted by molar-refractivity contribution is -0.115. The molecule has 66 valence electrons. The van der Waals surface area contributed by atoms with E-state index in [1.165, 1.54) is 11.3 Å². The summed E-state index contributed by atoms with van der Waals surface area (Å²) in [6, 6.07) is 0. The van der Waals surface area contributed by atoms with Gasteiger partial charge >= 0.3 is 0 Å². The number of aromatic nitrogens is 1. The van der Waals surface area contributed by atoms with Crippen LogP contribution in [0.1, 0.15) is 11.8 Å². The van der Waals surface area contributed by atoms with Gasteiger partial charge in [-0.1, -0.05) is 15.9 Å². The van der Waals surface area contributed by atoms with Crippen LogP contribution in [0.15, 0.2) is 6.20 Å². The van der Waals surface area contributed by atoms with Crippen LogP contribution in [0.4, 0.5) is 5.13 Å². The fourth-order valence-electron chi connectivity index (χ4n) is 0.617. The van der Waals surface area contributed by atoms with Crippen LogP contribution in [0.3, 0.4) is 0 Å². The number of hydrogen-bond donors (Lipinski definition) is 1. The molecule has 1 amide bonds. The van der Waals surface area contributed by atoms with E-state index < -0.39 is 0 Å². The molecule has 0 fully saturated rings. The van der Waals surface area contributed by atoms with Crippen LogP contribution in [-0.4, -0.2) is 15.7 Å². The normalized spacial score (nSPS) is 12.6. The molecule has 0 aliphatic heterocycles. The second-order valence-corrected chi connectivity index (χ2v) is 4.99.